The number of nitrogens with zero attached hydrogens (tertiary/aromatic N) is 2. The van der Waals surface area contributed by atoms with Crippen molar-refractivity contribution in [2.45, 2.75) is 51.6 Å². The molecule has 9 heteroatoms. The molecule has 28 heavy (non-hydrogen) atoms. The zero-order valence-corrected chi connectivity index (χ0v) is 16.2. The van der Waals surface area contributed by atoms with Gasteiger partial charge in [-0.05, 0) is 19.8 Å². The van der Waals surface area contributed by atoms with Crippen LogP contribution in [0.15, 0.2) is 15.8 Å². The highest BCUT2D eigenvalue weighted by Crippen LogP contribution is 2.18. The lowest BCUT2D eigenvalue weighted by Crippen LogP contribution is -2.46. The Bertz CT molecular complexity index is 824. The Balaban J connectivity index is 1.63. The van der Waals surface area contributed by atoms with Gasteiger partial charge in [0.1, 0.15) is 6.54 Å². The quantitative estimate of drug-likeness (QED) is 0.735. The van der Waals surface area contributed by atoms with Crippen LogP contribution in [-0.4, -0.2) is 58.6 Å². The molecule has 1 aromatic heterocycles. The predicted molar refractivity (Wildman–Crippen MR) is 102 cm³/mol. The van der Waals surface area contributed by atoms with E-state index in [2.05, 4.69) is 10.3 Å². The molecule has 2 amide bonds. The second-order valence-corrected chi connectivity index (χ2v) is 7.65. The van der Waals surface area contributed by atoms with Crippen LogP contribution in [0.4, 0.5) is 0 Å². The number of rotatable bonds is 4. The molecule has 1 aliphatic carbocycles. The topological polar surface area (TPSA) is 114 Å². The van der Waals surface area contributed by atoms with Crippen LogP contribution in [0, 0.1) is 12.8 Å². The SMILES string of the molecule is Cc1cn(CC(=O)N2CCOCC(C(=O)NC3CCCCC3)C2)c(=O)[nH]c1=O. The van der Waals surface area contributed by atoms with Crippen molar-refractivity contribution in [3.05, 3.63) is 32.6 Å². The smallest absolute Gasteiger partial charge is 0.328 e. The molecule has 2 N–H and O–H groups in total. The number of hydrogen-bond donors (Lipinski definition) is 2. The number of aryl methyl sites for hydroxylation is 1. The van der Waals surface area contributed by atoms with Crippen LogP contribution >= 0.6 is 0 Å². The summed E-state index contributed by atoms with van der Waals surface area (Å²) in [6.07, 6.45) is 6.84. The van der Waals surface area contributed by atoms with E-state index in [1.165, 1.54) is 17.2 Å². The van der Waals surface area contributed by atoms with E-state index in [0.717, 1.165) is 25.7 Å². The zero-order chi connectivity index (χ0) is 20.1. The summed E-state index contributed by atoms with van der Waals surface area (Å²) >= 11 is 0. The maximum Gasteiger partial charge on any atom is 0.328 e. The third-order valence-electron chi connectivity index (χ3n) is 5.43. The molecule has 1 aliphatic heterocycles. The monoisotopic (exact) mass is 392 g/mol. The molecule has 1 saturated heterocycles. The lowest BCUT2D eigenvalue weighted by atomic mass is 9.95. The number of carbonyl (C=O) groups is 2. The number of nitrogens with one attached hydrogen (secondary N) is 2. The molecule has 9 nitrogen and oxygen atoms in total. The van der Waals surface area contributed by atoms with Crippen molar-refractivity contribution in [3.8, 4) is 0 Å². The van der Waals surface area contributed by atoms with E-state index < -0.39 is 17.2 Å². The molecule has 0 aromatic carbocycles. The Kier molecular flexibility index (Phi) is 6.66. The molecule has 0 bridgehead atoms. The molecule has 1 saturated carbocycles. The highest BCUT2D eigenvalue weighted by Gasteiger charge is 2.29. The Morgan fingerprint density at radius 1 is 1.25 bits per heavy atom. The van der Waals surface area contributed by atoms with Crippen LogP contribution in [0.3, 0.4) is 0 Å². The second-order valence-electron chi connectivity index (χ2n) is 7.65. The Morgan fingerprint density at radius 2 is 2.00 bits per heavy atom. The van der Waals surface area contributed by atoms with Crippen molar-refractivity contribution < 1.29 is 14.3 Å². The first kappa shape index (κ1) is 20.3. The summed E-state index contributed by atoms with van der Waals surface area (Å²) in [7, 11) is 0. The van der Waals surface area contributed by atoms with Crippen molar-refractivity contribution >= 4 is 11.8 Å². The first-order chi connectivity index (χ1) is 13.4. The summed E-state index contributed by atoms with van der Waals surface area (Å²) in [5.41, 5.74) is -0.728. The predicted octanol–water partition coefficient (Wildman–Crippen LogP) is -0.231. The van der Waals surface area contributed by atoms with Gasteiger partial charge in [-0.1, -0.05) is 19.3 Å². The highest BCUT2D eigenvalue weighted by molar-refractivity contribution is 5.81. The van der Waals surface area contributed by atoms with Gasteiger partial charge in [0.15, 0.2) is 0 Å². The molecule has 1 aromatic rings. The summed E-state index contributed by atoms with van der Waals surface area (Å²) in [6, 6.07) is 0.205. The Hall–Kier alpha value is -2.42. The van der Waals surface area contributed by atoms with Crippen LogP contribution < -0.4 is 16.6 Å². The number of carbonyl (C=O) groups excluding carboxylic acids is 2. The molecule has 2 aliphatic rings. The van der Waals surface area contributed by atoms with Gasteiger partial charge >= 0.3 is 5.69 Å². The second kappa shape index (κ2) is 9.18. The number of aromatic nitrogens is 2. The largest absolute Gasteiger partial charge is 0.379 e. The van der Waals surface area contributed by atoms with Gasteiger partial charge in [0, 0.05) is 30.9 Å². The maximum absolute atomic E-state index is 12.7. The fraction of sp³-hybridized carbons (Fsp3) is 0.684. The first-order valence-corrected chi connectivity index (χ1v) is 9.90. The van der Waals surface area contributed by atoms with Crippen molar-refractivity contribution in [3.63, 3.8) is 0 Å². The Morgan fingerprint density at radius 3 is 2.75 bits per heavy atom. The lowest BCUT2D eigenvalue weighted by molar-refractivity contribution is -0.133. The van der Waals surface area contributed by atoms with Gasteiger partial charge in [-0.25, -0.2) is 4.79 Å². The molecule has 2 heterocycles. The van der Waals surface area contributed by atoms with Gasteiger partial charge in [0.25, 0.3) is 5.56 Å². The van der Waals surface area contributed by atoms with Crippen molar-refractivity contribution in [2.75, 3.05) is 26.3 Å². The van der Waals surface area contributed by atoms with E-state index in [1.54, 1.807) is 11.8 Å². The fourth-order valence-corrected chi connectivity index (χ4v) is 3.74. The van der Waals surface area contributed by atoms with Crippen LogP contribution in [0.25, 0.3) is 0 Å². The molecule has 1 atom stereocenters. The first-order valence-electron chi connectivity index (χ1n) is 9.90. The molecule has 3 rings (SSSR count). The molecular formula is C19H28N4O5. The standard InChI is InChI=1S/C19H28N4O5/c1-13-9-23(19(27)21-17(13)25)11-16(24)22-7-8-28-12-14(10-22)18(26)20-15-5-3-2-4-6-15/h9,14-15H,2-8,10-12H2,1H3,(H,20,26)(H,21,25,27). The van der Waals surface area contributed by atoms with Gasteiger partial charge in [0.05, 0.1) is 19.1 Å². The molecule has 0 spiro atoms. The van der Waals surface area contributed by atoms with Crippen LogP contribution in [0.5, 0.6) is 0 Å². The van der Waals surface area contributed by atoms with Gasteiger partial charge in [-0.2, -0.15) is 0 Å². The average Bonchev–Trinajstić information content (AvgIpc) is 2.93. The van der Waals surface area contributed by atoms with E-state index in [9.17, 15) is 19.2 Å². The van der Waals surface area contributed by atoms with Gasteiger partial charge < -0.3 is 15.0 Å². The van der Waals surface area contributed by atoms with Crippen molar-refractivity contribution in [2.24, 2.45) is 5.92 Å². The molecular weight excluding hydrogens is 364 g/mol. The summed E-state index contributed by atoms with van der Waals surface area (Å²) in [5.74, 6) is -0.791. The molecule has 154 valence electrons. The van der Waals surface area contributed by atoms with Crippen LogP contribution in [-0.2, 0) is 20.9 Å². The molecule has 2 fully saturated rings. The number of amides is 2. The summed E-state index contributed by atoms with van der Waals surface area (Å²) in [5, 5.41) is 3.10. The normalized spacial score (nSPS) is 21.2. The van der Waals surface area contributed by atoms with E-state index in [-0.39, 0.29) is 37.6 Å². The van der Waals surface area contributed by atoms with Gasteiger partial charge in [-0.15, -0.1) is 0 Å². The highest BCUT2D eigenvalue weighted by atomic mass is 16.5. The summed E-state index contributed by atoms with van der Waals surface area (Å²) < 4.78 is 6.72. The zero-order valence-electron chi connectivity index (χ0n) is 16.2. The third-order valence-corrected chi connectivity index (χ3v) is 5.43. The summed E-state index contributed by atoms with van der Waals surface area (Å²) in [4.78, 5) is 52.5. The lowest BCUT2D eigenvalue weighted by Gasteiger charge is -2.27. The van der Waals surface area contributed by atoms with E-state index >= 15 is 0 Å². The fourth-order valence-electron chi connectivity index (χ4n) is 3.74. The van der Waals surface area contributed by atoms with Crippen LogP contribution in [0.1, 0.15) is 37.7 Å². The third kappa shape index (κ3) is 5.09. The minimum atomic E-state index is -0.624. The maximum atomic E-state index is 12.7. The van der Waals surface area contributed by atoms with E-state index in [1.807, 2.05) is 0 Å². The van der Waals surface area contributed by atoms with Crippen LogP contribution in [0.2, 0.25) is 0 Å². The Labute approximate surface area is 163 Å². The van der Waals surface area contributed by atoms with E-state index in [4.69, 9.17) is 4.74 Å². The molecule has 0 radical (unpaired) electrons. The average molecular weight is 392 g/mol. The number of H-pyrrole nitrogens is 1. The number of hydrogen-bond acceptors (Lipinski definition) is 5. The number of ether oxygens (including phenoxy) is 1. The molecule has 1 unspecified atom stereocenters. The number of aromatic amines is 1. The minimum Gasteiger partial charge on any atom is -0.379 e. The van der Waals surface area contributed by atoms with Gasteiger partial charge in [0.2, 0.25) is 11.8 Å². The van der Waals surface area contributed by atoms with Gasteiger partial charge in [-0.3, -0.25) is 23.9 Å². The van der Waals surface area contributed by atoms with E-state index in [0.29, 0.717) is 18.7 Å². The minimum absolute atomic E-state index is 0.0800. The van der Waals surface area contributed by atoms with Crippen molar-refractivity contribution in [1.82, 2.24) is 19.8 Å². The summed E-state index contributed by atoms with van der Waals surface area (Å²) in [6.45, 7) is 2.63. The van der Waals surface area contributed by atoms with Crippen molar-refractivity contribution in [1.29, 1.82) is 0 Å².